The molecule has 2 aromatic carbocycles. The van der Waals surface area contributed by atoms with Crippen LogP contribution in [0.1, 0.15) is 47.2 Å². The zero-order chi connectivity index (χ0) is 21.8. The number of anilines is 1. The number of carbonyl (C=O) groups excluding carboxylic acids is 1. The fourth-order valence-corrected chi connectivity index (χ4v) is 4.08. The molecule has 1 atom stereocenters. The van der Waals surface area contributed by atoms with E-state index in [1.165, 1.54) is 4.90 Å². The summed E-state index contributed by atoms with van der Waals surface area (Å²) >= 11 is 0. The number of hydrogen-bond acceptors (Lipinski definition) is 6. The minimum absolute atomic E-state index is 0.114. The number of aliphatic hydroxyl groups excluding tert-OH is 1. The van der Waals surface area contributed by atoms with Crippen molar-refractivity contribution in [3.8, 4) is 5.75 Å². The fourth-order valence-electron chi connectivity index (χ4n) is 4.08. The monoisotopic (exact) mass is 418 g/mol. The first kappa shape index (κ1) is 19.3. The van der Waals surface area contributed by atoms with Crippen molar-refractivity contribution in [1.82, 2.24) is 15.2 Å². The summed E-state index contributed by atoms with van der Waals surface area (Å²) in [6.45, 7) is 3.68. The Morgan fingerprint density at radius 2 is 1.94 bits per heavy atom. The number of nitrogens with zero attached hydrogens (tertiary/aromatic N) is 3. The second kappa shape index (κ2) is 6.95. The highest BCUT2D eigenvalue weighted by Gasteiger charge is 2.48. The summed E-state index contributed by atoms with van der Waals surface area (Å²) in [6.07, 6.45) is 0. The molecule has 158 valence electrons. The van der Waals surface area contributed by atoms with E-state index in [1.54, 1.807) is 7.11 Å². The maximum Gasteiger partial charge on any atom is 0.306 e. The summed E-state index contributed by atoms with van der Waals surface area (Å²) in [4.78, 5) is 19.6. The largest absolute Gasteiger partial charge is 0.496 e. The van der Waals surface area contributed by atoms with Crippen LogP contribution in [0, 0.1) is 0 Å². The summed E-state index contributed by atoms with van der Waals surface area (Å²) in [5.41, 5.74) is 3.05. The van der Waals surface area contributed by atoms with E-state index in [1.807, 2.05) is 62.4 Å². The van der Waals surface area contributed by atoms with Crippen molar-refractivity contribution in [3.63, 3.8) is 0 Å². The first-order valence-electron chi connectivity index (χ1n) is 9.98. The molecule has 0 bridgehead atoms. The van der Waals surface area contributed by atoms with Crippen LogP contribution in [0.25, 0.3) is 11.1 Å². The number of fused-ring (bicyclic) bond motifs is 2. The molecule has 0 saturated carbocycles. The zero-order valence-electron chi connectivity index (χ0n) is 17.4. The van der Waals surface area contributed by atoms with Gasteiger partial charge in [0.25, 0.3) is 5.91 Å². The van der Waals surface area contributed by atoms with Gasteiger partial charge < -0.3 is 14.3 Å². The number of ether oxygens (including phenoxy) is 1. The number of aromatic amines is 1. The molecule has 5 rings (SSSR count). The summed E-state index contributed by atoms with van der Waals surface area (Å²) in [6, 6.07) is 14.5. The van der Waals surface area contributed by atoms with Gasteiger partial charge in [-0.1, -0.05) is 44.2 Å². The lowest BCUT2D eigenvalue weighted by atomic mass is 9.84. The molecule has 0 fully saturated rings. The molecule has 1 amide bonds. The number of nitrogens with one attached hydrogen (secondary N) is 1. The van der Waals surface area contributed by atoms with Gasteiger partial charge in [0, 0.05) is 22.2 Å². The van der Waals surface area contributed by atoms with Crippen molar-refractivity contribution < 1.29 is 19.1 Å². The van der Waals surface area contributed by atoms with Gasteiger partial charge in [0.2, 0.25) is 0 Å². The summed E-state index contributed by atoms with van der Waals surface area (Å²) in [5, 5.41) is 17.3. The molecular formula is C23H22N4O4. The molecule has 1 unspecified atom stereocenters. The molecule has 8 nitrogen and oxygen atoms in total. The molecule has 0 saturated heterocycles. The number of methoxy groups -OCH3 is 1. The second-order valence-corrected chi connectivity index (χ2v) is 8.19. The fraction of sp³-hybridized carbons (Fsp3) is 0.261. The third kappa shape index (κ3) is 2.83. The predicted octanol–water partition coefficient (Wildman–Crippen LogP) is 3.58. The number of H-pyrrole nitrogens is 1. The molecule has 0 spiro atoms. The first-order chi connectivity index (χ1) is 15.0. The number of aliphatic hydroxyl groups is 1. The Hall–Kier alpha value is -3.65. The van der Waals surface area contributed by atoms with Crippen molar-refractivity contribution in [2.24, 2.45) is 0 Å². The van der Waals surface area contributed by atoms with Crippen LogP contribution in [0.4, 0.5) is 6.01 Å². The van der Waals surface area contributed by atoms with Crippen molar-refractivity contribution >= 4 is 23.0 Å². The number of amides is 1. The van der Waals surface area contributed by atoms with Crippen LogP contribution >= 0.6 is 0 Å². The molecule has 0 aliphatic carbocycles. The minimum Gasteiger partial charge on any atom is -0.496 e. The maximum atomic E-state index is 13.5. The molecule has 2 N–H and O–H groups in total. The van der Waals surface area contributed by atoms with E-state index in [9.17, 15) is 9.90 Å². The Bertz CT molecular complexity index is 1260. The van der Waals surface area contributed by atoms with E-state index in [-0.39, 0.29) is 24.2 Å². The van der Waals surface area contributed by atoms with Gasteiger partial charge in [-0.25, -0.2) is 4.90 Å². The average molecular weight is 418 g/mol. The van der Waals surface area contributed by atoms with Crippen molar-refractivity contribution in [2.45, 2.75) is 25.3 Å². The highest BCUT2D eigenvalue weighted by molar-refractivity contribution is 6.10. The van der Waals surface area contributed by atoms with Crippen molar-refractivity contribution in [2.75, 3.05) is 18.6 Å². The maximum absolute atomic E-state index is 13.5. The highest BCUT2D eigenvalue weighted by Crippen LogP contribution is 2.47. The van der Waals surface area contributed by atoms with Crippen LogP contribution in [0.2, 0.25) is 0 Å². The Morgan fingerprint density at radius 3 is 2.68 bits per heavy atom. The van der Waals surface area contributed by atoms with Gasteiger partial charge in [0.05, 0.1) is 19.8 Å². The molecule has 8 heteroatoms. The normalized spacial score (nSPS) is 16.2. The summed E-state index contributed by atoms with van der Waals surface area (Å²) in [5.74, 6) is 0.303. The number of carbonyl (C=O) groups is 1. The summed E-state index contributed by atoms with van der Waals surface area (Å²) < 4.78 is 11.6. The number of aromatic nitrogens is 3. The Labute approximate surface area is 178 Å². The van der Waals surface area contributed by atoms with Crippen LogP contribution in [0.15, 0.2) is 52.9 Å². The van der Waals surface area contributed by atoms with Crippen LogP contribution in [0.5, 0.6) is 5.75 Å². The van der Waals surface area contributed by atoms with Gasteiger partial charge in [-0.15, -0.1) is 0 Å². The number of para-hydroxylation sites is 3. The van der Waals surface area contributed by atoms with E-state index in [0.29, 0.717) is 28.1 Å². The molecule has 31 heavy (non-hydrogen) atoms. The number of benzene rings is 2. The first-order valence-corrected chi connectivity index (χ1v) is 9.98. The quantitative estimate of drug-likeness (QED) is 0.513. The van der Waals surface area contributed by atoms with Gasteiger partial charge in [-0.2, -0.15) is 10.1 Å². The molecular weight excluding hydrogens is 396 g/mol. The standard InChI is InChI=1S/C23H22N4O4/c1-23(2,12-28)20-17-18(25-26-20)21(29)27(19(17)13-8-4-6-10-15(13)30-3)22-24-14-9-5-7-11-16(14)31-22/h4-11,19,28H,12H2,1-3H3,(H,25,26). The molecule has 1 aliphatic rings. The topological polar surface area (TPSA) is 104 Å². The van der Waals surface area contributed by atoms with Gasteiger partial charge in [-0.3, -0.25) is 9.89 Å². The summed E-state index contributed by atoms with van der Waals surface area (Å²) in [7, 11) is 1.59. The number of hydrogen-bond donors (Lipinski definition) is 2. The van der Waals surface area contributed by atoms with E-state index >= 15 is 0 Å². The third-order valence-electron chi connectivity index (χ3n) is 5.75. The highest BCUT2D eigenvalue weighted by atomic mass is 16.5. The smallest absolute Gasteiger partial charge is 0.306 e. The van der Waals surface area contributed by atoms with E-state index in [0.717, 1.165) is 5.56 Å². The minimum atomic E-state index is -0.640. The number of rotatable bonds is 5. The Kier molecular flexibility index (Phi) is 4.33. The van der Waals surface area contributed by atoms with Gasteiger partial charge in [0.1, 0.15) is 11.3 Å². The molecule has 4 aromatic rings. The molecule has 3 heterocycles. The van der Waals surface area contributed by atoms with E-state index < -0.39 is 11.5 Å². The lowest BCUT2D eigenvalue weighted by Crippen LogP contribution is -2.31. The average Bonchev–Trinajstić information content (AvgIpc) is 3.47. The van der Waals surface area contributed by atoms with Crippen molar-refractivity contribution in [1.29, 1.82) is 0 Å². The third-order valence-corrected chi connectivity index (χ3v) is 5.75. The molecule has 0 radical (unpaired) electrons. The van der Waals surface area contributed by atoms with Gasteiger partial charge >= 0.3 is 6.01 Å². The number of oxazole rings is 1. The lowest BCUT2D eigenvalue weighted by Gasteiger charge is -2.27. The zero-order valence-corrected chi connectivity index (χ0v) is 17.4. The predicted molar refractivity (Wildman–Crippen MR) is 114 cm³/mol. The van der Waals surface area contributed by atoms with Gasteiger partial charge in [-0.05, 0) is 18.2 Å². The van der Waals surface area contributed by atoms with E-state index in [2.05, 4.69) is 15.2 Å². The Balaban J connectivity index is 1.77. The Morgan fingerprint density at radius 1 is 1.19 bits per heavy atom. The van der Waals surface area contributed by atoms with Gasteiger partial charge in [0.15, 0.2) is 11.3 Å². The SMILES string of the molecule is COc1ccccc1C1c2c(n[nH]c2C(C)(C)CO)C(=O)N1c1nc2ccccc2o1. The van der Waals surface area contributed by atoms with E-state index in [4.69, 9.17) is 9.15 Å². The van der Waals surface area contributed by atoms with Crippen molar-refractivity contribution in [3.05, 3.63) is 71.0 Å². The molecule has 1 aliphatic heterocycles. The van der Waals surface area contributed by atoms with Crippen LogP contribution < -0.4 is 9.64 Å². The van der Waals surface area contributed by atoms with Crippen LogP contribution in [-0.4, -0.2) is 39.9 Å². The van der Waals surface area contributed by atoms with Crippen LogP contribution in [-0.2, 0) is 5.41 Å². The lowest BCUT2D eigenvalue weighted by molar-refractivity contribution is 0.0983. The molecule has 2 aromatic heterocycles. The second-order valence-electron chi connectivity index (χ2n) is 8.19. The van der Waals surface area contributed by atoms with Crippen LogP contribution in [0.3, 0.4) is 0 Å².